The molecule has 1 aliphatic heterocycles. The van der Waals surface area contributed by atoms with Gasteiger partial charge in [0.25, 0.3) is 0 Å². The van der Waals surface area contributed by atoms with Crippen LogP contribution >= 0.6 is 0 Å². The average molecular weight is 409 g/mol. The van der Waals surface area contributed by atoms with E-state index in [9.17, 15) is 0 Å². The van der Waals surface area contributed by atoms with Gasteiger partial charge in [0.05, 0.1) is 11.0 Å². The summed E-state index contributed by atoms with van der Waals surface area (Å²) < 4.78 is 2.36. The Bertz CT molecular complexity index is 1310. The number of hydrogen-bond donors (Lipinski definition) is 1. The van der Waals surface area contributed by atoms with E-state index in [4.69, 9.17) is 0 Å². The lowest BCUT2D eigenvalue weighted by Crippen LogP contribution is -2.15. The van der Waals surface area contributed by atoms with Crippen LogP contribution in [0.25, 0.3) is 38.8 Å². The Morgan fingerprint density at radius 1 is 0.968 bits per heavy atom. The highest BCUT2D eigenvalue weighted by Crippen LogP contribution is 2.44. The second kappa shape index (κ2) is 8.26. The number of nitrogens with one attached hydrogen (secondary N) is 1. The minimum absolute atomic E-state index is 0.493. The zero-order valence-electron chi connectivity index (χ0n) is 18.9. The van der Waals surface area contributed by atoms with E-state index in [0.29, 0.717) is 12.0 Å². The Balaban J connectivity index is 1.80. The minimum Gasteiger partial charge on any atom is -0.382 e. The largest absolute Gasteiger partial charge is 0.382 e. The van der Waals surface area contributed by atoms with Crippen LogP contribution in [0, 0.1) is 0 Å². The van der Waals surface area contributed by atoms with Crippen molar-refractivity contribution in [3.63, 3.8) is 0 Å². The van der Waals surface area contributed by atoms with E-state index in [0.717, 1.165) is 6.42 Å². The highest BCUT2D eigenvalue weighted by Gasteiger charge is 2.29. The van der Waals surface area contributed by atoms with Gasteiger partial charge in [0.15, 0.2) is 0 Å². The fraction of sp³-hybridized carbons (Fsp3) is 0.310. The quantitative estimate of drug-likeness (QED) is 0.317. The number of benzene rings is 3. The van der Waals surface area contributed by atoms with Gasteiger partial charge in [-0.2, -0.15) is 0 Å². The van der Waals surface area contributed by atoms with Crippen LogP contribution < -0.4 is 5.32 Å². The van der Waals surface area contributed by atoms with Crippen molar-refractivity contribution >= 4 is 44.5 Å². The lowest BCUT2D eigenvalue weighted by molar-refractivity contribution is 0.553. The lowest BCUT2D eigenvalue weighted by atomic mass is 9.90. The molecule has 0 amide bonds. The van der Waals surface area contributed by atoms with E-state index < -0.39 is 0 Å². The summed E-state index contributed by atoms with van der Waals surface area (Å²) in [4.78, 5) is 0. The van der Waals surface area contributed by atoms with Gasteiger partial charge >= 0.3 is 0 Å². The molecule has 5 rings (SSSR count). The third kappa shape index (κ3) is 3.35. The van der Waals surface area contributed by atoms with Crippen molar-refractivity contribution < 1.29 is 0 Å². The van der Waals surface area contributed by atoms with Gasteiger partial charge < -0.3 is 9.88 Å². The number of unbranched alkanes of at least 4 members (excludes halogenated alkanes) is 1. The molecule has 0 spiro atoms. The van der Waals surface area contributed by atoms with Crippen molar-refractivity contribution in [2.24, 2.45) is 0 Å². The van der Waals surface area contributed by atoms with Gasteiger partial charge in [0.1, 0.15) is 0 Å². The molecule has 2 heterocycles. The van der Waals surface area contributed by atoms with Gasteiger partial charge in [-0.25, -0.2) is 0 Å². The van der Waals surface area contributed by atoms with Crippen LogP contribution in [0.1, 0.15) is 57.9 Å². The molecule has 158 valence electrons. The number of hydrogen-bond acceptors (Lipinski definition) is 1. The summed E-state index contributed by atoms with van der Waals surface area (Å²) in [6, 6.07) is 18.7. The molecule has 2 unspecified atom stereocenters. The highest BCUT2D eigenvalue weighted by molar-refractivity contribution is 6.22. The number of allylic oxidation sites excluding steroid dienone is 3. The number of aromatic nitrogens is 1. The molecule has 2 nitrogen and oxygen atoms in total. The molecule has 1 aromatic heterocycles. The maximum atomic E-state index is 3.78. The predicted molar refractivity (Wildman–Crippen MR) is 137 cm³/mol. The summed E-state index contributed by atoms with van der Waals surface area (Å²) in [7, 11) is 0. The molecule has 0 aliphatic carbocycles. The van der Waals surface area contributed by atoms with Gasteiger partial charge in [0, 0.05) is 34.6 Å². The molecule has 4 aromatic rings. The molecular formula is C29H32N2. The molecule has 31 heavy (non-hydrogen) atoms. The van der Waals surface area contributed by atoms with Crippen molar-refractivity contribution in [2.45, 2.75) is 58.4 Å². The maximum Gasteiger partial charge on any atom is 0.0555 e. The monoisotopic (exact) mass is 408 g/mol. The van der Waals surface area contributed by atoms with Gasteiger partial charge in [-0.05, 0) is 60.4 Å². The van der Waals surface area contributed by atoms with E-state index in [1.165, 1.54) is 63.1 Å². The molecule has 0 radical (unpaired) electrons. The van der Waals surface area contributed by atoms with Gasteiger partial charge in [-0.3, -0.25) is 0 Å². The smallest absolute Gasteiger partial charge is 0.0555 e. The van der Waals surface area contributed by atoms with Crippen LogP contribution in [0.3, 0.4) is 0 Å². The topological polar surface area (TPSA) is 17.0 Å². The Labute approximate surface area is 185 Å². The first-order chi connectivity index (χ1) is 15.2. The van der Waals surface area contributed by atoms with Crippen LogP contribution in [0.15, 0.2) is 66.8 Å². The predicted octanol–water partition coefficient (Wildman–Crippen LogP) is 8.47. The van der Waals surface area contributed by atoms with Crippen molar-refractivity contribution in [3.05, 3.63) is 72.3 Å². The molecule has 2 heteroatoms. The molecule has 0 fully saturated rings. The van der Waals surface area contributed by atoms with Crippen LogP contribution in [0.5, 0.6) is 0 Å². The zero-order valence-corrected chi connectivity index (χ0v) is 18.9. The number of anilines is 1. The Morgan fingerprint density at radius 2 is 1.84 bits per heavy atom. The standard InChI is InChI=1S/C29H32N2/c1-4-6-8-11-17-31-27-16-15-21-12-9-10-14-23(21)29(27)25-18-24-22(13-7-5-2)20(3)30-26(24)19-28(25)31/h6,8-12,14-20,22,30H,4-5,7,13H2,1-3H3/b8-6-,17-11-. The Hall–Kier alpha value is -3.00. The molecular weight excluding hydrogens is 376 g/mol. The zero-order chi connectivity index (χ0) is 21.4. The van der Waals surface area contributed by atoms with Crippen molar-refractivity contribution in [3.8, 4) is 0 Å². The summed E-state index contributed by atoms with van der Waals surface area (Å²) in [6.07, 6.45) is 13.6. The minimum atomic E-state index is 0.493. The summed E-state index contributed by atoms with van der Waals surface area (Å²) in [6.45, 7) is 6.79. The van der Waals surface area contributed by atoms with Crippen LogP contribution in [0.4, 0.5) is 5.69 Å². The molecule has 1 aliphatic rings. The number of fused-ring (bicyclic) bond motifs is 6. The van der Waals surface area contributed by atoms with Crippen molar-refractivity contribution in [1.29, 1.82) is 0 Å². The van der Waals surface area contributed by atoms with Gasteiger partial charge in [0.2, 0.25) is 0 Å². The molecule has 0 saturated heterocycles. The van der Waals surface area contributed by atoms with E-state index >= 15 is 0 Å². The van der Waals surface area contributed by atoms with E-state index in [-0.39, 0.29) is 0 Å². The molecule has 0 saturated carbocycles. The van der Waals surface area contributed by atoms with E-state index in [1.54, 1.807) is 0 Å². The molecule has 1 N–H and O–H groups in total. The summed E-state index contributed by atoms with van der Waals surface area (Å²) in [5.41, 5.74) is 5.36. The van der Waals surface area contributed by atoms with Crippen LogP contribution in [0.2, 0.25) is 0 Å². The van der Waals surface area contributed by atoms with E-state index in [1.807, 2.05) is 0 Å². The maximum absolute atomic E-state index is 3.78. The summed E-state index contributed by atoms with van der Waals surface area (Å²) in [5.74, 6) is 0.593. The average Bonchev–Trinajstić information content (AvgIpc) is 3.27. The first kappa shape index (κ1) is 19.9. The first-order valence-electron chi connectivity index (χ1n) is 11.8. The number of nitrogens with zero attached hydrogens (tertiary/aromatic N) is 1. The summed E-state index contributed by atoms with van der Waals surface area (Å²) in [5, 5.41) is 9.16. The fourth-order valence-electron chi connectivity index (χ4n) is 5.27. The van der Waals surface area contributed by atoms with Crippen LogP contribution in [-0.2, 0) is 0 Å². The third-order valence-corrected chi connectivity index (χ3v) is 6.84. The SMILES string of the molecule is CC/C=C\C=C/n1c2cc3c(cc2c2c4ccccc4ccc21)C(CCCC)C(C)N3. The van der Waals surface area contributed by atoms with Gasteiger partial charge in [-0.15, -0.1) is 0 Å². The van der Waals surface area contributed by atoms with E-state index in [2.05, 4.69) is 104 Å². The Kier molecular flexibility index (Phi) is 5.31. The second-order valence-corrected chi connectivity index (χ2v) is 8.87. The molecule has 3 aromatic carbocycles. The van der Waals surface area contributed by atoms with Crippen LogP contribution in [-0.4, -0.2) is 10.6 Å². The Morgan fingerprint density at radius 3 is 2.68 bits per heavy atom. The lowest BCUT2D eigenvalue weighted by Gasteiger charge is -2.15. The second-order valence-electron chi connectivity index (χ2n) is 8.87. The number of rotatable bonds is 6. The summed E-state index contributed by atoms with van der Waals surface area (Å²) >= 11 is 0. The third-order valence-electron chi connectivity index (χ3n) is 6.84. The molecule has 0 bridgehead atoms. The van der Waals surface area contributed by atoms with Gasteiger partial charge in [-0.1, -0.05) is 69.2 Å². The first-order valence-corrected chi connectivity index (χ1v) is 11.8. The highest BCUT2D eigenvalue weighted by atomic mass is 15.0. The fourth-order valence-corrected chi connectivity index (χ4v) is 5.27. The normalized spacial score (nSPS) is 18.7. The molecule has 2 atom stereocenters. The van der Waals surface area contributed by atoms with Crippen molar-refractivity contribution in [1.82, 2.24) is 4.57 Å². The van der Waals surface area contributed by atoms with Crippen molar-refractivity contribution in [2.75, 3.05) is 5.32 Å².